The number of benzene rings is 3. The highest BCUT2D eigenvalue weighted by Gasteiger charge is 2.31. The van der Waals surface area contributed by atoms with Crippen molar-refractivity contribution < 1.29 is 14.3 Å². The van der Waals surface area contributed by atoms with Crippen LogP contribution < -0.4 is 5.32 Å². The van der Waals surface area contributed by atoms with Gasteiger partial charge in [0.2, 0.25) is 11.8 Å². The maximum atomic E-state index is 13.6. The van der Waals surface area contributed by atoms with Gasteiger partial charge in [0.05, 0.1) is 6.10 Å². The van der Waals surface area contributed by atoms with Gasteiger partial charge in [-0.2, -0.15) is 0 Å². The Morgan fingerprint density at radius 1 is 0.829 bits per heavy atom. The van der Waals surface area contributed by atoms with Crippen LogP contribution in [0.4, 0.5) is 0 Å². The molecule has 35 heavy (non-hydrogen) atoms. The molecule has 0 fully saturated rings. The van der Waals surface area contributed by atoms with Gasteiger partial charge in [-0.1, -0.05) is 91.0 Å². The largest absolute Gasteiger partial charge is 0.379 e. The molecular weight excluding hydrogens is 436 g/mol. The van der Waals surface area contributed by atoms with Crippen LogP contribution in [0.3, 0.4) is 0 Å². The van der Waals surface area contributed by atoms with E-state index in [9.17, 15) is 9.59 Å². The molecule has 0 radical (unpaired) electrons. The van der Waals surface area contributed by atoms with E-state index in [0.717, 1.165) is 16.7 Å². The monoisotopic (exact) mass is 472 g/mol. The SMILES string of the molecule is CC(C)OCCCNC(=O)C(c1ccccc1)N(Cc1ccccc1)C(=O)CCc1ccccc1. The lowest BCUT2D eigenvalue weighted by molar-refractivity contribution is -0.141. The van der Waals surface area contributed by atoms with E-state index in [1.165, 1.54) is 0 Å². The second-order valence-corrected chi connectivity index (χ2v) is 8.87. The minimum Gasteiger partial charge on any atom is -0.379 e. The first-order valence-corrected chi connectivity index (χ1v) is 12.4. The first kappa shape index (κ1) is 26.2. The van der Waals surface area contributed by atoms with Crippen molar-refractivity contribution in [3.05, 3.63) is 108 Å². The second-order valence-electron chi connectivity index (χ2n) is 8.87. The van der Waals surface area contributed by atoms with E-state index in [1.807, 2.05) is 105 Å². The zero-order valence-corrected chi connectivity index (χ0v) is 20.7. The van der Waals surface area contributed by atoms with Crippen LogP contribution in [0.15, 0.2) is 91.0 Å². The first-order valence-electron chi connectivity index (χ1n) is 12.4. The molecule has 1 N–H and O–H groups in total. The summed E-state index contributed by atoms with van der Waals surface area (Å²) < 4.78 is 5.59. The lowest BCUT2D eigenvalue weighted by Gasteiger charge is -2.32. The maximum Gasteiger partial charge on any atom is 0.247 e. The Kier molecular flexibility index (Phi) is 10.5. The summed E-state index contributed by atoms with van der Waals surface area (Å²) in [6.45, 7) is 5.42. The summed E-state index contributed by atoms with van der Waals surface area (Å²) in [5.41, 5.74) is 2.89. The van der Waals surface area contributed by atoms with Gasteiger partial charge < -0.3 is 15.0 Å². The Morgan fingerprint density at radius 2 is 1.40 bits per heavy atom. The van der Waals surface area contributed by atoms with Crippen LogP contribution in [-0.2, 0) is 27.3 Å². The lowest BCUT2D eigenvalue weighted by Crippen LogP contribution is -2.43. The normalized spacial score (nSPS) is 11.7. The standard InChI is InChI=1S/C30H36N2O3/c1-24(2)35-22-12-21-31-30(34)29(27-17-10-5-11-18-27)32(23-26-15-8-4-9-16-26)28(33)20-19-25-13-6-3-7-14-25/h3-11,13-18,24,29H,12,19-23H2,1-2H3,(H,31,34). The molecule has 1 unspecified atom stereocenters. The van der Waals surface area contributed by atoms with E-state index < -0.39 is 6.04 Å². The van der Waals surface area contributed by atoms with E-state index in [0.29, 0.717) is 39.0 Å². The fraction of sp³-hybridized carbons (Fsp3) is 0.333. The third-order valence-corrected chi connectivity index (χ3v) is 5.73. The minimum atomic E-state index is -0.717. The Bertz CT molecular complexity index is 1020. The number of amides is 2. The van der Waals surface area contributed by atoms with Crippen molar-refractivity contribution in [3.63, 3.8) is 0 Å². The van der Waals surface area contributed by atoms with Crippen molar-refractivity contribution in [2.45, 2.75) is 51.8 Å². The lowest BCUT2D eigenvalue weighted by atomic mass is 10.0. The molecule has 0 heterocycles. The summed E-state index contributed by atoms with van der Waals surface area (Å²) in [7, 11) is 0. The summed E-state index contributed by atoms with van der Waals surface area (Å²) in [5.74, 6) is -0.227. The molecular formula is C30H36N2O3. The van der Waals surface area contributed by atoms with Crippen molar-refractivity contribution in [3.8, 4) is 0 Å². The van der Waals surface area contributed by atoms with E-state index in [4.69, 9.17) is 4.74 Å². The van der Waals surface area contributed by atoms with Gasteiger partial charge in [0.1, 0.15) is 6.04 Å². The van der Waals surface area contributed by atoms with Crippen molar-refractivity contribution in [1.29, 1.82) is 0 Å². The average molecular weight is 473 g/mol. The number of nitrogens with zero attached hydrogens (tertiary/aromatic N) is 1. The summed E-state index contributed by atoms with van der Waals surface area (Å²) in [4.78, 5) is 28.8. The number of aryl methyl sites for hydroxylation is 1. The Labute approximate surface area is 209 Å². The molecule has 5 nitrogen and oxygen atoms in total. The molecule has 3 aromatic rings. The van der Waals surface area contributed by atoms with Gasteiger partial charge in [-0.05, 0) is 43.4 Å². The summed E-state index contributed by atoms with van der Waals surface area (Å²) in [5, 5.41) is 3.04. The molecule has 1 atom stereocenters. The van der Waals surface area contributed by atoms with E-state index in [1.54, 1.807) is 4.90 Å². The summed E-state index contributed by atoms with van der Waals surface area (Å²) >= 11 is 0. The number of hydrogen-bond acceptors (Lipinski definition) is 3. The number of carbonyl (C=O) groups is 2. The molecule has 0 aliphatic heterocycles. The zero-order valence-electron chi connectivity index (χ0n) is 20.7. The van der Waals surface area contributed by atoms with Gasteiger partial charge in [-0.3, -0.25) is 9.59 Å². The Balaban J connectivity index is 1.81. The number of nitrogens with one attached hydrogen (secondary N) is 1. The van der Waals surface area contributed by atoms with Crippen LogP contribution in [0.25, 0.3) is 0 Å². The van der Waals surface area contributed by atoms with Crippen LogP contribution >= 0.6 is 0 Å². The first-order chi connectivity index (χ1) is 17.0. The maximum absolute atomic E-state index is 13.6. The van der Waals surface area contributed by atoms with Gasteiger partial charge >= 0.3 is 0 Å². The molecule has 0 aliphatic carbocycles. The summed E-state index contributed by atoms with van der Waals surface area (Å²) in [6.07, 6.45) is 1.83. The second kappa shape index (κ2) is 14.1. The fourth-order valence-electron chi connectivity index (χ4n) is 3.95. The van der Waals surface area contributed by atoms with E-state index in [-0.39, 0.29) is 17.9 Å². The fourth-order valence-corrected chi connectivity index (χ4v) is 3.95. The van der Waals surface area contributed by atoms with Gasteiger partial charge in [-0.15, -0.1) is 0 Å². The molecule has 5 heteroatoms. The van der Waals surface area contributed by atoms with Crippen molar-refractivity contribution in [2.24, 2.45) is 0 Å². The van der Waals surface area contributed by atoms with Crippen molar-refractivity contribution in [2.75, 3.05) is 13.2 Å². The third kappa shape index (κ3) is 8.69. The molecule has 0 aliphatic rings. The molecule has 3 rings (SSSR count). The van der Waals surface area contributed by atoms with Crippen LogP contribution in [0.1, 0.15) is 49.4 Å². The molecule has 0 spiro atoms. The number of carbonyl (C=O) groups excluding carboxylic acids is 2. The van der Waals surface area contributed by atoms with Gasteiger partial charge in [-0.25, -0.2) is 0 Å². The molecule has 0 saturated carbocycles. The van der Waals surface area contributed by atoms with Crippen LogP contribution in [0.2, 0.25) is 0 Å². The number of ether oxygens (including phenoxy) is 1. The quantitative estimate of drug-likeness (QED) is 0.343. The van der Waals surface area contributed by atoms with Gasteiger partial charge in [0, 0.05) is 26.1 Å². The Morgan fingerprint density at radius 3 is 2.00 bits per heavy atom. The molecule has 0 bridgehead atoms. The molecule has 2 amide bonds. The van der Waals surface area contributed by atoms with E-state index in [2.05, 4.69) is 5.32 Å². The van der Waals surface area contributed by atoms with Crippen LogP contribution in [0.5, 0.6) is 0 Å². The van der Waals surface area contributed by atoms with Crippen LogP contribution in [0, 0.1) is 0 Å². The topological polar surface area (TPSA) is 58.6 Å². The minimum absolute atomic E-state index is 0.0511. The molecule has 0 aromatic heterocycles. The highest BCUT2D eigenvalue weighted by molar-refractivity contribution is 5.88. The number of hydrogen-bond donors (Lipinski definition) is 1. The smallest absolute Gasteiger partial charge is 0.247 e. The van der Waals surface area contributed by atoms with E-state index >= 15 is 0 Å². The summed E-state index contributed by atoms with van der Waals surface area (Å²) in [6, 6.07) is 28.6. The third-order valence-electron chi connectivity index (χ3n) is 5.73. The van der Waals surface area contributed by atoms with Gasteiger partial charge in [0.15, 0.2) is 0 Å². The highest BCUT2D eigenvalue weighted by atomic mass is 16.5. The molecule has 3 aromatic carbocycles. The van der Waals surface area contributed by atoms with Crippen molar-refractivity contribution >= 4 is 11.8 Å². The Hall–Kier alpha value is -3.44. The predicted molar refractivity (Wildman–Crippen MR) is 140 cm³/mol. The molecule has 0 saturated heterocycles. The van der Waals surface area contributed by atoms with Gasteiger partial charge in [0.25, 0.3) is 0 Å². The average Bonchev–Trinajstić information content (AvgIpc) is 2.88. The zero-order chi connectivity index (χ0) is 24.9. The predicted octanol–water partition coefficient (Wildman–Crippen LogP) is 5.32. The highest BCUT2D eigenvalue weighted by Crippen LogP contribution is 2.25. The number of rotatable bonds is 13. The van der Waals surface area contributed by atoms with Crippen molar-refractivity contribution in [1.82, 2.24) is 10.2 Å². The van der Waals surface area contributed by atoms with Crippen LogP contribution in [-0.4, -0.2) is 36.0 Å². The molecule has 184 valence electrons.